The van der Waals surface area contributed by atoms with E-state index in [-0.39, 0.29) is 12.5 Å². The molecule has 0 atom stereocenters. The van der Waals surface area contributed by atoms with Crippen molar-refractivity contribution in [2.45, 2.75) is 19.4 Å². The number of hydrogen-bond donors (Lipinski definition) is 2. The number of benzene rings is 1. The molecule has 0 bridgehead atoms. The molecule has 3 rings (SSSR count). The topological polar surface area (TPSA) is 82.3 Å². The molecule has 2 heterocycles. The molecule has 1 saturated heterocycles. The van der Waals surface area contributed by atoms with Gasteiger partial charge in [0, 0.05) is 22.7 Å². The van der Waals surface area contributed by atoms with Crippen LogP contribution in [0.1, 0.15) is 24.2 Å². The normalized spacial score (nSPS) is 17.9. The third-order valence-corrected chi connectivity index (χ3v) is 3.83. The van der Waals surface area contributed by atoms with Gasteiger partial charge in [0.25, 0.3) is 11.8 Å². The van der Waals surface area contributed by atoms with Crippen LogP contribution in [0.25, 0.3) is 10.9 Å². The molecule has 1 aliphatic heterocycles. The van der Waals surface area contributed by atoms with E-state index in [0.717, 1.165) is 10.9 Å². The second-order valence-electron chi connectivity index (χ2n) is 5.61. The zero-order chi connectivity index (χ0) is 15.2. The molecule has 6 nitrogen and oxygen atoms in total. The van der Waals surface area contributed by atoms with Crippen LogP contribution in [0.2, 0.25) is 0 Å². The molecule has 6 heteroatoms. The summed E-state index contributed by atoms with van der Waals surface area (Å²) in [5.41, 5.74) is 0.328. The van der Waals surface area contributed by atoms with Crippen molar-refractivity contribution in [2.75, 3.05) is 6.54 Å². The van der Waals surface area contributed by atoms with Crippen LogP contribution in [0, 0.1) is 0 Å². The van der Waals surface area contributed by atoms with E-state index in [4.69, 9.17) is 0 Å². The maximum Gasteiger partial charge on any atom is 0.255 e. The molecule has 2 N–H and O–H groups in total. The largest absolute Gasteiger partial charge is 0.361 e. The molecular weight excluding hydrogens is 270 g/mol. The predicted molar refractivity (Wildman–Crippen MR) is 76.6 cm³/mol. The first-order chi connectivity index (χ1) is 9.89. The maximum atomic E-state index is 12.7. The minimum absolute atomic E-state index is 0.122. The van der Waals surface area contributed by atoms with Crippen LogP contribution in [0.4, 0.5) is 0 Å². The summed E-state index contributed by atoms with van der Waals surface area (Å²) < 4.78 is 0. The molecule has 0 unspecified atom stereocenters. The Morgan fingerprint density at radius 2 is 2.00 bits per heavy atom. The minimum atomic E-state index is -1.06. The summed E-state index contributed by atoms with van der Waals surface area (Å²) in [7, 11) is 0. The molecule has 3 amide bonds. The van der Waals surface area contributed by atoms with E-state index in [2.05, 4.69) is 10.3 Å². The van der Waals surface area contributed by atoms with Crippen molar-refractivity contribution in [2.24, 2.45) is 0 Å². The lowest BCUT2D eigenvalue weighted by Gasteiger charge is -2.40. The van der Waals surface area contributed by atoms with Gasteiger partial charge in [0.1, 0.15) is 12.1 Å². The third kappa shape index (κ3) is 2.08. The first-order valence-electron chi connectivity index (χ1n) is 6.63. The van der Waals surface area contributed by atoms with Gasteiger partial charge in [-0.2, -0.15) is 0 Å². The molecule has 0 radical (unpaired) electrons. The van der Waals surface area contributed by atoms with Crippen molar-refractivity contribution in [1.29, 1.82) is 0 Å². The Morgan fingerprint density at radius 3 is 2.76 bits per heavy atom. The van der Waals surface area contributed by atoms with Crippen LogP contribution < -0.4 is 5.32 Å². The second kappa shape index (κ2) is 4.44. The van der Waals surface area contributed by atoms with E-state index in [9.17, 15) is 14.4 Å². The fourth-order valence-electron chi connectivity index (χ4n) is 2.45. The van der Waals surface area contributed by atoms with Crippen molar-refractivity contribution in [3.05, 3.63) is 36.0 Å². The van der Waals surface area contributed by atoms with Crippen LogP contribution in [-0.4, -0.2) is 39.7 Å². The lowest BCUT2D eigenvalue weighted by atomic mass is 9.97. The summed E-state index contributed by atoms with van der Waals surface area (Å²) in [6.45, 7) is 3.13. The monoisotopic (exact) mass is 285 g/mol. The Hall–Kier alpha value is -2.63. The zero-order valence-corrected chi connectivity index (χ0v) is 11.8. The number of amides is 3. The van der Waals surface area contributed by atoms with E-state index >= 15 is 0 Å². The first-order valence-corrected chi connectivity index (χ1v) is 6.63. The fraction of sp³-hybridized carbons (Fsp3) is 0.267. The molecule has 0 saturated carbocycles. The highest BCUT2D eigenvalue weighted by Gasteiger charge is 2.43. The van der Waals surface area contributed by atoms with Gasteiger partial charge >= 0.3 is 0 Å². The lowest BCUT2D eigenvalue weighted by molar-refractivity contribution is -0.143. The lowest BCUT2D eigenvalue weighted by Crippen LogP contribution is -2.65. The number of rotatable bonds is 1. The molecule has 0 aliphatic carbocycles. The Morgan fingerprint density at radius 1 is 1.24 bits per heavy atom. The molecule has 0 spiro atoms. The summed E-state index contributed by atoms with van der Waals surface area (Å²) in [4.78, 5) is 40.5. The van der Waals surface area contributed by atoms with Gasteiger partial charge in [0.2, 0.25) is 5.91 Å². The molecule has 1 aromatic heterocycles. The minimum Gasteiger partial charge on any atom is -0.361 e. The van der Waals surface area contributed by atoms with E-state index < -0.39 is 17.4 Å². The smallest absolute Gasteiger partial charge is 0.255 e. The SMILES string of the molecule is CC1(C)C(=O)NC(=O)CN1C(=O)c1ccc2[nH]ccc2c1. The Bertz CT molecular complexity index is 760. The fourth-order valence-corrected chi connectivity index (χ4v) is 2.45. The van der Waals surface area contributed by atoms with Gasteiger partial charge in [-0.05, 0) is 38.1 Å². The number of hydrogen-bond acceptors (Lipinski definition) is 3. The van der Waals surface area contributed by atoms with E-state index in [0.29, 0.717) is 5.56 Å². The molecule has 1 fully saturated rings. The van der Waals surface area contributed by atoms with Gasteiger partial charge in [-0.1, -0.05) is 0 Å². The Labute approximate surface area is 121 Å². The summed E-state index contributed by atoms with van der Waals surface area (Å²) >= 11 is 0. The van der Waals surface area contributed by atoms with E-state index in [1.807, 2.05) is 6.07 Å². The van der Waals surface area contributed by atoms with Crippen LogP contribution >= 0.6 is 0 Å². The summed E-state index contributed by atoms with van der Waals surface area (Å²) in [5, 5.41) is 3.16. The number of H-pyrrole nitrogens is 1. The Kier molecular flexibility index (Phi) is 2.83. The van der Waals surface area contributed by atoms with Gasteiger partial charge in [-0.15, -0.1) is 0 Å². The number of carbonyl (C=O) groups excluding carboxylic acids is 3. The molecule has 1 aliphatic rings. The number of imide groups is 1. The van der Waals surface area contributed by atoms with Gasteiger partial charge in [-0.25, -0.2) is 0 Å². The van der Waals surface area contributed by atoms with Crippen LogP contribution in [-0.2, 0) is 9.59 Å². The van der Waals surface area contributed by atoms with Crippen LogP contribution in [0.15, 0.2) is 30.5 Å². The number of aromatic nitrogens is 1. The average molecular weight is 285 g/mol. The number of fused-ring (bicyclic) bond motifs is 1. The summed E-state index contributed by atoms with van der Waals surface area (Å²) in [6.07, 6.45) is 1.79. The highest BCUT2D eigenvalue weighted by atomic mass is 16.2. The predicted octanol–water partition coefficient (Wildman–Crippen LogP) is 1.05. The number of carbonyl (C=O) groups is 3. The number of nitrogens with zero attached hydrogens (tertiary/aromatic N) is 1. The van der Waals surface area contributed by atoms with E-state index in [1.54, 1.807) is 38.2 Å². The summed E-state index contributed by atoms with van der Waals surface area (Å²) in [6, 6.07) is 7.11. The highest BCUT2D eigenvalue weighted by Crippen LogP contribution is 2.23. The van der Waals surface area contributed by atoms with Crippen LogP contribution in [0.5, 0.6) is 0 Å². The molecular formula is C15H15N3O3. The molecule has 108 valence electrons. The molecule has 2 aromatic rings. The Balaban J connectivity index is 1.99. The average Bonchev–Trinajstić information content (AvgIpc) is 2.89. The highest BCUT2D eigenvalue weighted by molar-refractivity contribution is 6.09. The zero-order valence-electron chi connectivity index (χ0n) is 11.8. The van der Waals surface area contributed by atoms with Gasteiger partial charge in [0.05, 0.1) is 0 Å². The molecule has 21 heavy (non-hydrogen) atoms. The maximum absolute atomic E-state index is 12.7. The van der Waals surface area contributed by atoms with Crippen molar-refractivity contribution in [3.8, 4) is 0 Å². The standard InChI is InChI=1S/C15H15N3O3/c1-15(2)14(21)17-12(19)8-18(15)13(20)10-3-4-11-9(7-10)5-6-16-11/h3-7,16H,8H2,1-2H3,(H,17,19,21). The third-order valence-electron chi connectivity index (χ3n) is 3.83. The number of piperazine rings is 1. The van der Waals surface area contributed by atoms with Gasteiger partial charge in [-0.3, -0.25) is 19.7 Å². The number of aromatic amines is 1. The van der Waals surface area contributed by atoms with Gasteiger partial charge < -0.3 is 9.88 Å². The van der Waals surface area contributed by atoms with Crippen LogP contribution in [0.3, 0.4) is 0 Å². The van der Waals surface area contributed by atoms with Gasteiger partial charge in [0.15, 0.2) is 0 Å². The van der Waals surface area contributed by atoms with E-state index in [1.165, 1.54) is 4.90 Å². The number of nitrogens with one attached hydrogen (secondary N) is 2. The quantitative estimate of drug-likeness (QED) is 0.768. The van der Waals surface area contributed by atoms with Crippen molar-refractivity contribution in [1.82, 2.24) is 15.2 Å². The van der Waals surface area contributed by atoms with Crippen molar-refractivity contribution < 1.29 is 14.4 Å². The first kappa shape index (κ1) is 13.4. The van der Waals surface area contributed by atoms with Crippen molar-refractivity contribution >= 4 is 28.6 Å². The summed E-state index contributed by atoms with van der Waals surface area (Å²) in [5.74, 6) is -1.25. The molecule has 1 aromatic carbocycles. The second-order valence-corrected chi connectivity index (χ2v) is 5.61. The van der Waals surface area contributed by atoms with Crippen molar-refractivity contribution in [3.63, 3.8) is 0 Å².